The van der Waals surface area contributed by atoms with Gasteiger partial charge in [0.05, 0.1) is 18.5 Å². The monoisotopic (exact) mass is 213 g/mol. The highest BCUT2D eigenvalue weighted by molar-refractivity contribution is 5.47. The highest BCUT2D eigenvalue weighted by Crippen LogP contribution is 2.15. The minimum atomic E-state index is 0.832. The summed E-state index contributed by atoms with van der Waals surface area (Å²) in [4.78, 5) is 0. The van der Waals surface area contributed by atoms with Crippen molar-refractivity contribution in [2.45, 2.75) is 0 Å². The standard InChI is InChI=1S/C13H13N2O/c1-16-13-9-7-12(8-10-13)15-14-11-5-3-2-4-6-11/h2-10,14H,1H3. The number of nitrogens with zero attached hydrogens (tertiary/aromatic N) is 1. The number of para-hydroxylation sites is 1. The van der Waals surface area contributed by atoms with Crippen molar-refractivity contribution in [3.8, 4) is 5.75 Å². The normalized spacial score (nSPS) is 9.56. The van der Waals surface area contributed by atoms with Gasteiger partial charge in [0.25, 0.3) is 0 Å². The lowest BCUT2D eigenvalue weighted by Crippen LogP contribution is -2.06. The number of rotatable bonds is 4. The van der Waals surface area contributed by atoms with Crippen LogP contribution >= 0.6 is 0 Å². The maximum absolute atomic E-state index is 5.07. The molecule has 0 fully saturated rings. The molecule has 0 spiro atoms. The van der Waals surface area contributed by atoms with Crippen molar-refractivity contribution >= 4 is 11.4 Å². The smallest absolute Gasteiger partial charge is 0.119 e. The number of anilines is 1. The predicted molar refractivity (Wildman–Crippen MR) is 64.9 cm³/mol. The van der Waals surface area contributed by atoms with Crippen LogP contribution in [0.3, 0.4) is 0 Å². The third-order valence-electron chi connectivity index (χ3n) is 2.16. The number of methoxy groups -OCH3 is 1. The molecule has 0 aliphatic rings. The number of ether oxygens (including phenoxy) is 1. The van der Waals surface area contributed by atoms with Crippen molar-refractivity contribution in [2.24, 2.45) is 0 Å². The van der Waals surface area contributed by atoms with E-state index < -0.39 is 0 Å². The maximum Gasteiger partial charge on any atom is 0.119 e. The van der Waals surface area contributed by atoms with Gasteiger partial charge >= 0.3 is 0 Å². The Hall–Kier alpha value is -2.16. The molecule has 16 heavy (non-hydrogen) atoms. The Bertz CT molecular complexity index is 425. The van der Waals surface area contributed by atoms with Crippen molar-refractivity contribution in [3.63, 3.8) is 0 Å². The van der Waals surface area contributed by atoms with Crippen LogP contribution in [0.25, 0.3) is 0 Å². The third-order valence-corrected chi connectivity index (χ3v) is 2.16. The van der Waals surface area contributed by atoms with Crippen molar-refractivity contribution in [1.82, 2.24) is 5.43 Å². The van der Waals surface area contributed by atoms with Crippen LogP contribution in [0, 0.1) is 0 Å². The largest absolute Gasteiger partial charge is 0.497 e. The summed E-state index contributed by atoms with van der Waals surface area (Å²) in [6.45, 7) is 0. The molecule has 0 saturated heterocycles. The van der Waals surface area contributed by atoms with Gasteiger partial charge in [-0.25, -0.2) is 0 Å². The first-order valence-electron chi connectivity index (χ1n) is 5.04. The first-order chi connectivity index (χ1) is 7.88. The van der Waals surface area contributed by atoms with Crippen LogP contribution in [-0.2, 0) is 0 Å². The molecule has 0 saturated carbocycles. The first-order valence-corrected chi connectivity index (χ1v) is 5.04. The Labute approximate surface area is 95.0 Å². The fourth-order valence-electron chi connectivity index (χ4n) is 1.30. The molecule has 81 valence electrons. The molecule has 0 atom stereocenters. The zero-order valence-electron chi connectivity index (χ0n) is 9.05. The van der Waals surface area contributed by atoms with E-state index in [4.69, 9.17) is 4.74 Å². The van der Waals surface area contributed by atoms with E-state index in [0.29, 0.717) is 0 Å². The molecule has 0 amide bonds. The zero-order chi connectivity index (χ0) is 11.2. The molecule has 2 aromatic rings. The Balaban J connectivity index is 1.94. The van der Waals surface area contributed by atoms with Gasteiger partial charge in [-0.3, -0.25) is 5.43 Å². The second kappa shape index (κ2) is 5.07. The van der Waals surface area contributed by atoms with Crippen molar-refractivity contribution in [3.05, 3.63) is 54.6 Å². The number of nitrogens with one attached hydrogen (secondary N) is 1. The van der Waals surface area contributed by atoms with Crippen LogP contribution in [0.1, 0.15) is 0 Å². The summed E-state index contributed by atoms with van der Waals surface area (Å²) in [5.41, 5.74) is 9.07. The van der Waals surface area contributed by atoms with Gasteiger partial charge in [0, 0.05) is 0 Å². The van der Waals surface area contributed by atoms with E-state index in [0.717, 1.165) is 17.1 Å². The van der Waals surface area contributed by atoms with Gasteiger partial charge < -0.3 is 4.74 Å². The molecule has 0 aliphatic heterocycles. The topological polar surface area (TPSA) is 35.4 Å². The van der Waals surface area contributed by atoms with Crippen LogP contribution < -0.4 is 15.6 Å². The predicted octanol–water partition coefficient (Wildman–Crippen LogP) is 2.96. The first kappa shape index (κ1) is 10.4. The lowest BCUT2D eigenvalue weighted by Gasteiger charge is -2.06. The molecular formula is C13H13N2O. The molecule has 1 N–H and O–H groups in total. The lowest BCUT2D eigenvalue weighted by atomic mass is 10.3. The van der Waals surface area contributed by atoms with Crippen molar-refractivity contribution in [2.75, 3.05) is 12.5 Å². The molecule has 0 bridgehead atoms. The highest BCUT2D eigenvalue weighted by Gasteiger charge is 1.95. The number of hydrogen-bond donors (Lipinski definition) is 1. The summed E-state index contributed by atoms with van der Waals surface area (Å²) in [5.74, 6) is 0.832. The summed E-state index contributed by atoms with van der Waals surface area (Å²) < 4.78 is 5.07. The molecule has 3 nitrogen and oxygen atoms in total. The average Bonchev–Trinajstić information content (AvgIpc) is 2.38. The fourth-order valence-corrected chi connectivity index (χ4v) is 1.30. The molecule has 3 heteroatoms. The Morgan fingerprint density at radius 1 is 0.938 bits per heavy atom. The molecule has 0 unspecified atom stereocenters. The molecule has 1 radical (unpaired) electrons. The summed E-state index contributed by atoms with van der Waals surface area (Å²) in [6.07, 6.45) is 0. The van der Waals surface area contributed by atoms with Gasteiger partial charge in [-0.15, -0.1) is 0 Å². The third kappa shape index (κ3) is 2.67. The minimum absolute atomic E-state index is 0.832. The van der Waals surface area contributed by atoms with E-state index in [1.54, 1.807) is 7.11 Å². The van der Waals surface area contributed by atoms with E-state index in [2.05, 4.69) is 10.9 Å². The van der Waals surface area contributed by atoms with E-state index in [9.17, 15) is 0 Å². The highest BCUT2D eigenvalue weighted by atomic mass is 16.5. The Morgan fingerprint density at radius 3 is 2.25 bits per heavy atom. The Kier molecular flexibility index (Phi) is 3.28. The van der Waals surface area contributed by atoms with Gasteiger partial charge in [0.2, 0.25) is 0 Å². The van der Waals surface area contributed by atoms with Crippen LogP contribution in [0.5, 0.6) is 5.75 Å². The SMILES string of the molecule is COc1ccc([N]Nc2ccccc2)cc1. The molecule has 0 aliphatic carbocycles. The quantitative estimate of drug-likeness (QED) is 0.792. The van der Waals surface area contributed by atoms with Crippen LogP contribution in [0.2, 0.25) is 0 Å². The molecule has 2 aromatic carbocycles. The minimum Gasteiger partial charge on any atom is -0.497 e. The van der Waals surface area contributed by atoms with Gasteiger partial charge in [-0.1, -0.05) is 18.2 Å². The van der Waals surface area contributed by atoms with Gasteiger partial charge in [-0.2, -0.15) is 5.43 Å². The summed E-state index contributed by atoms with van der Waals surface area (Å²) in [7, 11) is 1.65. The summed E-state index contributed by atoms with van der Waals surface area (Å²) in [5, 5.41) is 0. The summed E-state index contributed by atoms with van der Waals surface area (Å²) >= 11 is 0. The summed E-state index contributed by atoms with van der Waals surface area (Å²) in [6, 6.07) is 17.4. The number of hydrogen-bond acceptors (Lipinski definition) is 2. The molecule has 2 rings (SSSR count). The van der Waals surface area contributed by atoms with Crippen molar-refractivity contribution in [1.29, 1.82) is 0 Å². The Morgan fingerprint density at radius 2 is 1.62 bits per heavy atom. The molecular weight excluding hydrogens is 200 g/mol. The second-order valence-electron chi connectivity index (χ2n) is 3.29. The molecule has 0 heterocycles. The van der Waals surface area contributed by atoms with Crippen molar-refractivity contribution < 1.29 is 4.74 Å². The van der Waals surface area contributed by atoms with Gasteiger partial charge in [0.15, 0.2) is 0 Å². The van der Waals surface area contributed by atoms with E-state index in [1.165, 1.54) is 0 Å². The zero-order valence-corrected chi connectivity index (χ0v) is 9.05. The van der Waals surface area contributed by atoms with Crippen LogP contribution in [0.4, 0.5) is 11.4 Å². The second-order valence-corrected chi connectivity index (χ2v) is 3.29. The lowest BCUT2D eigenvalue weighted by molar-refractivity contribution is 0.415. The van der Waals surface area contributed by atoms with E-state index in [1.807, 2.05) is 54.6 Å². The van der Waals surface area contributed by atoms with E-state index in [-0.39, 0.29) is 0 Å². The van der Waals surface area contributed by atoms with Gasteiger partial charge in [0.1, 0.15) is 5.75 Å². The average molecular weight is 213 g/mol. The van der Waals surface area contributed by atoms with Crippen LogP contribution in [0.15, 0.2) is 54.6 Å². The molecule has 0 aromatic heterocycles. The van der Waals surface area contributed by atoms with Gasteiger partial charge in [-0.05, 0) is 36.4 Å². The van der Waals surface area contributed by atoms with Crippen LogP contribution in [-0.4, -0.2) is 7.11 Å². The van der Waals surface area contributed by atoms with E-state index >= 15 is 0 Å². The fraction of sp³-hybridized carbons (Fsp3) is 0.0769. The maximum atomic E-state index is 5.07. The number of benzene rings is 2.